The summed E-state index contributed by atoms with van der Waals surface area (Å²) < 4.78 is 6.82. The Morgan fingerprint density at radius 1 is 0.536 bits per heavy atom. The van der Waals surface area contributed by atoms with Crippen LogP contribution >= 0.6 is 11.6 Å². The van der Waals surface area contributed by atoms with Crippen LogP contribution in [0.5, 0.6) is 5.75 Å². The van der Waals surface area contributed by atoms with Crippen molar-refractivity contribution in [3.63, 3.8) is 0 Å². The standard InChI is InChI=1S/C26H21ClO/c27-20-21-16-18-25(19-17-21)28-26(22-10-4-1-5-11-22,23-12-6-2-7-13-23)24-14-8-3-9-15-24/h1-19H,20H2. The van der Waals surface area contributed by atoms with Gasteiger partial charge in [0.2, 0.25) is 0 Å². The van der Waals surface area contributed by atoms with E-state index in [9.17, 15) is 0 Å². The summed E-state index contributed by atoms with van der Waals surface area (Å²) >= 11 is 5.96. The van der Waals surface area contributed by atoms with Gasteiger partial charge in [-0.3, -0.25) is 0 Å². The van der Waals surface area contributed by atoms with Gasteiger partial charge in [0.15, 0.2) is 5.60 Å². The fourth-order valence-corrected chi connectivity index (χ4v) is 3.70. The fourth-order valence-electron chi connectivity index (χ4n) is 3.52. The zero-order valence-corrected chi connectivity index (χ0v) is 16.2. The van der Waals surface area contributed by atoms with Crippen LogP contribution in [0.25, 0.3) is 0 Å². The molecule has 0 unspecified atom stereocenters. The molecule has 0 heterocycles. The third-order valence-corrected chi connectivity index (χ3v) is 5.20. The molecule has 0 saturated heterocycles. The third kappa shape index (κ3) is 3.54. The van der Waals surface area contributed by atoms with Gasteiger partial charge in [-0.2, -0.15) is 0 Å². The first kappa shape index (κ1) is 18.3. The molecule has 0 amide bonds. The van der Waals surface area contributed by atoms with Crippen LogP contribution in [0.2, 0.25) is 0 Å². The summed E-state index contributed by atoms with van der Waals surface area (Å²) in [4.78, 5) is 0. The van der Waals surface area contributed by atoms with E-state index < -0.39 is 5.60 Å². The van der Waals surface area contributed by atoms with Gasteiger partial charge in [-0.05, 0) is 17.7 Å². The summed E-state index contributed by atoms with van der Waals surface area (Å²) in [5, 5.41) is 0. The van der Waals surface area contributed by atoms with Crippen molar-refractivity contribution in [1.82, 2.24) is 0 Å². The van der Waals surface area contributed by atoms with Gasteiger partial charge in [-0.1, -0.05) is 103 Å². The van der Waals surface area contributed by atoms with E-state index in [1.54, 1.807) is 0 Å². The fraction of sp³-hybridized carbons (Fsp3) is 0.0769. The Labute approximate surface area is 171 Å². The molecule has 0 bridgehead atoms. The topological polar surface area (TPSA) is 9.23 Å². The zero-order chi connectivity index (χ0) is 19.2. The molecule has 0 aliphatic carbocycles. The van der Waals surface area contributed by atoms with Crippen LogP contribution in [-0.4, -0.2) is 0 Å². The van der Waals surface area contributed by atoms with Gasteiger partial charge in [-0.25, -0.2) is 0 Å². The molecule has 0 aromatic heterocycles. The number of rotatable bonds is 6. The van der Waals surface area contributed by atoms with E-state index in [2.05, 4.69) is 72.8 Å². The summed E-state index contributed by atoms with van der Waals surface area (Å²) in [6.07, 6.45) is 0. The maximum Gasteiger partial charge on any atom is 0.184 e. The molecule has 0 spiro atoms. The summed E-state index contributed by atoms with van der Waals surface area (Å²) in [5.74, 6) is 1.28. The highest BCUT2D eigenvalue weighted by Crippen LogP contribution is 2.41. The van der Waals surface area contributed by atoms with Crippen molar-refractivity contribution < 1.29 is 4.74 Å². The van der Waals surface area contributed by atoms with Gasteiger partial charge in [0.25, 0.3) is 0 Å². The molecule has 2 heteroatoms. The summed E-state index contributed by atoms with van der Waals surface area (Å²) in [6, 6.07) is 39.1. The largest absolute Gasteiger partial charge is 0.473 e. The Hall–Kier alpha value is -3.03. The Kier molecular flexibility index (Phi) is 5.45. The normalized spacial score (nSPS) is 11.2. The quantitative estimate of drug-likeness (QED) is 0.262. The molecule has 0 atom stereocenters. The lowest BCUT2D eigenvalue weighted by atomic mass is 9.80. The first-order valence-corrected chi connectivity index (χ1v) is 9.87. The van der Waals surface area contributed by atoms with Gasteiger partial charge in [-0.15, -0.1) is 11.6 Å². The predicted molar refractivity (Wildman–Crippen MR) is 116 cm³/mol. The minimum absolute atomic E-state index is 0.488. The summed E-state index contributed by atoms with van der Waals surface area (Å²) in [6.45, 7) is 0. The second-order valence-corrected chi connectivity index (χ2v) is 6.93. The van der Waals surface area contributed by atoms with Gasteiger partial charge in [0.05, 0.1) is 0 Å². The molecule has 4 aromatic rings. The lowest BCUT2D eigenvalue weighted by molar-refractivity contribution is 0.155. The molecule has 138 valence electrons. The molecule has 0 aliphatic heterocycles. The van der Waals surface area contributed by atoms with E-state index in [0.717, 1.165) is 28.0 Å². The monoisotopic (exact) mass is 384 g/mol. The van der Waals surface area contributed by atoms with Crippen molar-refractivity contribution in [1.29, 1.82) is 0 Å². The van der Waals surface area contributed by atoms with Crippen molar-refractivity contribution in [3.8, 4) is 5.75 Å². The van der Waals surface area contributed by atoms with Crippen LogP contribution in [0.4, 0.5) is 0 Å². The molecule has 0 saturated carbocycles. The lowest BCUT2D eigenvalue weighted by Crippen LogP contribution is -2.36. The Morgan fingerprint density at radius 3 is 1.29 bits per heavy atom. The van der Waals surface area contributed by atoms with Gasteiger partial charge < -0.3 is 4.74 Å². The SMILES string of the molecule is ClCc1ccc(OC(c2ccccc2)(c2ccccc2)c2ccccc2)cc1. The van der Waals surface area contributed by atoms with Gasteiger partial charge >= 0.3 is 0 Å². The molecular weight excluding hydrogens is 364 g/mol. The molecule has 0 aliphatic rings. The van der Waals surface area contributed by atoms with Gasteiger partial charge in [0, 0.05) is 22.6 Å². The maximum absolute atomic E-state index is 6.82. The average molecular weight is 385 g/mol. The summed E-state index contributed by atoms with van der Waals surface area (Å²) in [5.41, 5.74) is 3.54. The predicted octanol–water partition coefficient (Wildman–Crippen LogP) is 6.80. The van der Waals surface area contributed by atoms with Crippen molar-refractivity contribution >= 4 is 11.6 Å². The van der Waals surface area contributed by atoms with Crippen LogP contribution < -0.4 is 4.74 Å². The number of hydrogen-bond acceptors (Lipinski definition) is 1. The Morgan fingerprint density at radius 2 is 0.929 bits per heavy atom. The molecule has 28 heavy (non-hydrogen) atoms. The van der Waals surface area contributed by atoms with Crippen molar-refractivity contribution in [3.05, 3.63) is 138 Å². The lowest BCUT2D eigenvalue weighted by Gasteiger charge is -2.36. The van der Waals surface area contributed by atoms with Crippen molar-refractivity contribution in [2.24, 2.45) is 0 Å². The van der Waals surface area contributed by atoms with Crippen LogP contribution in [0, 0.1) is 0 Å². The van der Waals surface area contributed by atoms with Crippen LogP contribution in [-0.2, 0) is 11.5 Å². The average Bonchev–Trinajstić information content (AvgIpc) is 2.80. The minimum Gasteiger partial charge on any atom is -0.473 e. The van der Waals surface area contributed by atoms with Crippen LogP contribution in [0.3, 0.4) is 0 Å². The smallest absolute Gasteiger partial charge is 0.184 e. The second kappa shape index (κ2) is 8.33. The molecule has 4 aromatic carbocycles. The molecule has 0 fully saturated rings. The van der Waals surface area contributed by atoms with E-state index in [4.69, 9.17) is 16.3 Å². The van der Waals surface area contributed by atoms with E-state index in [1.165, 1.54) is 0 Å². The second-order valence-electron chi connectivity index (χ2n) is 6.66. The third-order valence-electron chi connectivity index (χ3n) is 4.89. The first-order chi connectivity index (χ1) is 13.8. The van der Waals surface area contributed by atoms with E-state index in [0.29, 0.717) is 5.88 Å². The molecule has 4 rings (SSSR count). The van der Waals surface area contributed by atoms with E-state index >= 15 is 0 Å². The highest BCUT2D eigenvalue weighted by Gasteiger charge is 2.38. The molecule has 1 nitrogen and oxygen atoms in total. The molecule has 0 N–H and O–H groups in total. The number of halogens is 1. The minimum atomic E-state index is -0.758. The Balaban J connectivity index is 1.95. The highest BCUT2D eigenvalue weighted by molar-refractivity contribution is 6.17. The van der Waals surface area contributed by atoms with E-state index in [-0.39, 0.29) is 0 Å². The zero-order valence-electron chi connectivity index (χ0n) is 15.5. The molecule has 0 radical (unpaired) electrons. The summed E-state index contributed by atoms with van der Waals surface area (Å²) in [7, 11) is 0. The van der Waals surface area contributed by atoms with Gasteiger partial charge in [0.1, 0.15) is 5.75 Å². The first-order valence-electron chi connectivity index (χ1n) is 9.33. The molecular formula is C26H21ClO. The van der Waals surface area contributed by atoms with Crippen molar-refractivity contribution in [2.45, 2.75) is 11.5 Å². The van der Waals surface area contributed by atoms with Crippen LogP contribution in [0.15, 0.2) is 115 Å². The number of benzene rings is 4. The number of ether oxygens (including phenoxy) is 1. The number of hydrogen-bond donors (Lipinski definition) is 0. The Bertz CT molecular complexity index is 900. The van der Waals surface area contributed by atoms with Crippen molar-refractivity contribution in [2.75, 3.05) is 0 Å². The van der Waals surface area contributed by atoms with Crippen LogP contribution in [0.1, 0.15) is 22.3 Å². The van der Waals surface area contributed by atoms with E-state index in [1.807, 2.05) is 42.5 Å². The number of alkyl halides is 1. The highest BCUT2D eigenvalue weighted by atomic mass is 35.5. The maximum atomic E-state index is 6.82.